The Balaban J connectivity index is 0.862. The van der Waals surface area contributed by atoms with Gasteiger partial charge in [-0.3, -0.25) is 0 Å². The fraction of sp³-hybridized carbons (Fsp3) is 0.254. The Morgan fingerprint density at radius 3 is 1.95 bits per heavy atom. The van der Waals surface area contributed by atoms with Crippen molar-refractivity contribution in [3.05, 3.63) is 179 Å². The molecule has 2 fully saturated rings. The van der Waals surface area contributed by atoms with Crippen molar-refractivity contribution >= 4 is 75.5 Å². The highest BCUT2D eigenvalue weighted by molar-refractivity contribution is 8.14. The Bertz CT molecular complexity index is 3450. The maximum absolute atomic E-state index is 12.6. The second-order valence-corrected chi connectivity index (χ2v) is 21.5. The van der Waals surface area contributed by atoms with Gasteiger partial charge in [-0.15, -0.1) is 41.6 Å². The normalized spacial score (nSPS) is 16.8. The molecule has 7 aromatic rings. The summed E-state index contributed by atoms with van der Waals surface area (Å²) in [7, 11) is 0. The number of para-hydroxylation sites is 1. The topological polar surface area (TPSA) is 156 Å². The second kappa shape index (κ2) is 25.9. The number of benzene rings is 6. The van der Waals surface area contributed by atoms with E-state index in [4.69, 9.17) is 15.9 Å². The first-order valence-electron chi connectivity index (χ1n) is 25.9. The van der Waals surface area contributed by atoms with Crippen molar-refractivity contribution in [1.29, 1.82) is 0 Å². The van der Waals surface area contributed by atoms with E-state index >= 15 is 0 Å². The summed E-state index contributed by atoms with van der Waals surface area (Å²) in [6.07, 6.45) is -1.56. The van der Waals surface area contributed by atoms with Gasteiger partial charge in [0.2, 0.25) is 0 Å². The Morgan fingerprint density at radius 2 is 1.31 bits per heavy atom. The van der Waals surface area contributed by atoms with Crippen molar-refractivity contribution in [2.45, 2.75) is 65.1 Å². The van der Waals surface area contributed by atoms with Gasteiger partial charge in [-0.1, -0.05) is 130 Å². The first-order chi connectivity index (χ1) is 38.9. The number of rotatable bonds is 17. The molecule has 0 bridgehead atoms. The average Bonchev–Trinajstić information content (AvgIpc) is 3.98. The molecule has 0 saturated carbocycles. The molecule has 0 aliphatic carbocycles. The second-order valence-electron chi connectivity index (χ2n) is 19.5. The minimum Gasteiger partial charge on any atom is -0.406 e. The van der Waals surface area contributed by atoms with E-state index in [0.717, 1.165) is 75.8 Å². The van der Waals surface area contributed by atoms with Crippen LogP contribution in [-0.2, 0) is 6.42 Å². The largest absolute Gasteiger partial charge is 0.573 e. The quantitative estimate of drug-likeness (QED) is 0.0406. The highest BCUT2D eigenvalue weighted by Crippen LogP contribution is 2.38. The molecular weight excluding hydrogens is 1090 g/mol. The lowest BCUT2D eigenvalue weighted by Crippen LogP contribution is -2.40. The van der Waals surface area contributed by atoms with Crippen LogP contribution in [0.4, 0.5) is 43.4 Å². The Morgan fingerprint density at radius 1 is 0.704 bits per heavy atom. The number of hydrogen-bond donors (Lipinski definition) is 1. The maximum atomic E-state index is 12.6. The number of aliphatic imine (C=N–C) groups is 2. The van der Waals surface area contributed by atoms with Crippen LogP contribution in [-0.4, -0.2) is 87.0 Å². The summed E-state index contributed by atoms with van der Waals surface area (Å²) in [4.78, 5) is 17.3. The van der Waals surface area contributed by atoms with Crippen LogP contribution >= 0.6 is 23.5 Å². The summed E-state index contributed by atoms with van der Waals surface area (Å²) in [6, 6.07) is 40.7. The molecule has 22 heteroatoms. The highest BCUT2D eigenvalue weighted by atomic mass is 32.2. The van der Waals surface area contributed by atoms with Gasteiger partial charge in [0, 0.05) is 47.1 Å². The lowest BCUT2D eigenvalue weighted by Gasteiger charge is -2.36. The van der Waals surface area contributed by atoms with E-state index in [1.807, 2.05) is 48.5 Å². The molecule has 14 nitrogen and oxygen atoms in total. The number of aromatic nitrogens is 3. The van der Waals surface area contributed by atoms with Gasteiger partial charge in [-0.05, 0) is 119 Å². The van der Waals surface area contributed by atoms with Crippen LogP contribution in [0.1, 0.15) is 79.3 Å². The molecule has 1 aromatic heterocycles. The van der Waals surface area contributed by atoms with E-state index in [2.05, 4.69) is 120 Å². The Kier molecular flexibility index (Phi) is 18.4. The minimum absolute atomic E-state index is 0.202. The Labute approximate surface area is 473 Å². The molecule has 2 aliphatic rings. The van der Waals surface area contributed by atoms with Crippen LogP contribution in [0.25, 0.3) is 17.1 Å². The van der Waals surface area contributed by atoms with Crippen LogP contribution in [0.3, 0.4) is 0 Å². The Hall–Kier alpha value is -8.24. The third kappa shape index (κ3) is 15.8. The SMILES string of the molecule is CC(C)c1ccc(CC2CS/C(=N\N=C\c3ccc(C(N)=NC=Nc4ccc(OC(F)(F)F)cc4)cc3)N(c3ccccc3C(C)C)C2)cc1N1CCCS/C1=N\N=C\c1ccc(-c2ncn(-c3ccc(OC(F)(F)F)cc3)n2)cc1. The molecule has 3 heterocycles. The van der Waals surface area contributed by atoms with Gasteiger partial charge in [0.05, 0.1) is 23.8 Å². The van der Waals surface area contributed by atoms with Gasteiger partial charge in [-0.2, -0.15) is 10.2 Å². The smallest absolute Gasteiger partial charge is 0.406 e. The maximum Gasteiger partial charge on any atom is 0.573 e. The monoisotopic (exact) mass is 1140 g/mol. The van der Waals surface area contributed by atoms with Crippen molar-refractivity contribution in [3.63, 3.8) is 0 Å². The van der Waals surface area contributed by atoms with Gasteiger partial charge < -0.3 is 25.0 Å². The molecule has 0 radical (unpaired) electrons. The predicted molar refractivity (Wildman–Crippen MR) is 314 cm³/mol. The molecular formula is C59H56F6N12O2S2. The summed E-state index contributed by atoms with van der Waals surface area (Å²) < 4.78 is 84.8. The number of ether oxygens (including phenoxy) is 2. The van der Waals surface area contributed by atoms with Gasteiger partial charge in [0.15, 0.2) is 16.2 Å². The summed E-state index contributed by atoms with van der Waals surface area (Å²) in [5.41, 5.74) is 16.1. The van der Waals surface area contributed by atoms with Crippen molar-refractivity contribution in [3.8, 4) is 28.6 Å². The molecule has 9 rings (SSSR count). The number of amidine groups is 3. The van der Waals surface area contributed by atoms with Gasteiger partial charge >= 0.3 is 12.7 Å². The molecule has 2 N–H and O–H groups in total. The van der Waals surface area contributed by atoms with Crippen molar-refractivity contribution in [2.24, 2.45) is 42.0 Å². The van der Waals surface area contributed by atoms with E-state index in [9.17, 15) is 26.3 Å². The third-order valence-corrected chi connectivity index (χ3v) is 15.1. The third-order valence-electron chi connectivity index (χ3n) is 12.9. The number of halogens is 6. The molecule has 418 valence electrons. The molecule has 0 spiro atoms. The number of anilines is 2. The van der Waals surface area contributed by atoms with Crippen LogP contribution in [0, 0.1) is 5.92 Å². The fourth-order valence-corrected chi connectivity index (χ4v) is 10.9. The summed E-state index contributed by atoms with van der Waals surface area (Å²) in [5.74, 6) is 2.57. The first-order valence-corrected chi connectivity index (χ1v) is 27.8. The van der Waals surface area contributed by atoms with Crippen LogP contribution < -0.4 is 25.0 Å². The first kappa shape index (κ1) is 57.4. The van der Waals surface area contributed by atoms with Gasteiger partial charge in [0.25, 0.3) is 0 Å². The molecule has 6 aromatic carbocycles. The van der Waals surface area contributed by atoms with Gasteiger partial charge in [-0.25, -0.2) is 19.7 Å². The number of nitrogens with two attached hydrogens (primary N) is 1. The number of alkyl halides is 6. The molecule has 2 aliphatic heterocycles. The predicted octanol–water partition coefficient (Wildman–Crippen LogP) is 14.2. The van der Waals surface area contributed by atoms with E-state index in [-0.39, 0.29) is 35.1 Å². The summed E-state index contributed by atoms with van der Waals surface area (Å²) >= 11 is 3.38. The molecule has 2 saturated heterocycles. The zero-order chi connectivity index (χ0) is 57.1. The van der Waals surface area contributed by atoms with Crippen LogP contribution in [0.15, 0.2) is 176 Å². The standard InChI is InChI=1S/C59H56F6N12O2S2/c1-38(2)50-8-5-6-9-52(50)76-34-43(35-81-57(76)73-71-32-40-10-15-44(16-11-40)54(66)68-36-67-46-19-23-48(24-20-46)78-58(60,61)62)30-42-14-27-51(39(3)4)53(31-42)75-28-7-29-80-56(75)72-70-33-41-12-17-45(18-13-41)55-69-37-77(74-55)47-21-25-49(26-22-47)79-59(63,64)65/h5-6,8-27,31-33,36-39,43H,7,28-30,34-35H2,1-4H3,(H2,66,67,68)/b70-33+,71-32+,72-56-,73-57-. The average molecular weight is 1140 g/mol. The summed E-state index contributed by atoms with van der Waals surface area (Å²) in [5, 5.41) is 24.9. The number of hydrogen-bond acceptors (Lipinski definition) is 11. The molecule has 0 amide bonds. The van der Waals surface area contributed by atoms with Gasteiger partial charge in [0.1, 0.15) is 30.0 Å². The molecule has 1 unspecified atom stereocenters. The van der Waals surface area contributed by atoms with Crippen molar-refractivity contribution in [2.75, 3.05) is 34.4 Å². The number of thioether (sulfide) groups is 2. The lowest BCUT2D eigenvalue weighted by atomic mass is 9.93. The van der Waals surface area contributed by atoms with E-state index in [1.165, 1.54) is 82.6 Å². The molecule has 81 heavy (non-hydrogen) atoms. The van der Waals surface area contributed by atoms with Crippen LogP contribution in [0.5, 0.6) is 11.5 Å². The lowest BCUT2D eigenvalue weighted by molar-refractivity contribution is -0.275. The fourth-order valence-electron chi connectivity index (χ4n) is 8.96. The minimum atomic E-state index is -4.78. The zero-order valence-corrected chi connectivity index (χ0v) is 46.1. The van der Waals surface area contributed by atoms with E-state index < -0.39 is 12.7 Å². The van der Waals surface area contributed by atoms with Crippen molar-refractivity contribution < 1.29 is 35.8 Å². The zero-order valence-electron chi connectivity index (χ0n) is 44.5. The van der Waals surface area contributed by atoms with E-state index in [0.29, 0.717) is 22.8 Å². The summed E-state index contributed by atoms with van der Waals surface area (Å²) in [6.45, 7) is 10.4. The van der Waals surface area contributed by atoms with Crippen molar-refractivity contribution in [1.82, 2.24) is 14.8 Å². The molecule has 1 atom stereocenters. The highest BCUT2D eigenvalue weighted by Gasteiger charge is 2.33. The van der Waals surface area contributed by atoms with Crippen LogP contribution in [0.2, 0.25) is 0 Å². The number of nitrogens with zero attached hydrogens (tertiary/aromatic N) is 11. The van der Waals surface area contributed by atoms with E-state index in [1.54, 1.807) is 36.0 Å².